The molecule has 106 valence electrons. The Labute approximate surface area is 115 Å². The Bertz CT molecular complexity index is 474. The number of carbonyl (C=O) groups excluding carboxylic acids is 1. The normalized spacial score (nSPS) is 19.4. The second-order valence-electron chi connectivity index (χ2n) is 5.59. The van der Waals surface area contributed by atoms with E-state index in [1.165, 1.54) is 11.4 Å². The van der Waals surface area contributed by atoms with Crippen molar-refractivity contribution in [2.24, 2.45) is 5.73 Å². The molecule has 1 amide bonds. The van der Waals surface area contributed by atoms with Crippen LogP contribution in [-0.2, 0) is 11.3 Å². The number of carbonyl (C=O) groups is 1. The van der Waals surface area contributed by atoms with Crippen molar-refractivity contribution < 1.29 is 4.79 Å². The van der Waals surface area contributed by atoms with Gasteiger partial charge in [0.1, 0.15) is 0 Å². The quantitative estimate of drug-likeness (QED) is 0.909. The Morgan fingerprint density at radius 3 is 2.58 bits per heavy atom. The van der Waals surface area contributed by atoms with Crippen LogP contribution in [0.25, 0.3) is 0 Å². The number of aryl methyl sites for hydroxylation is 1. The van der Waals surface area contributed by atoms with E-state index in [1.807, 2.05) is 18.7 Å². The van der Waals surface area contributed by atoms with E-state index in [0.717, 1.165) is 13.1 Å². The summed E-state index contributed by atoms with van der Waals surface area (Å²) in [5.74, 6) is 0.0927. The highest BCUT2D eigenvalue weighted by atomic mass is 16.2. The zero-order chi connectivity index (χ0) is 14.2. The molecule has 1 aliphatic heterocycles. The van der Waals surface area contributed by atoms with Gasteiger partial charge in [0.25, 0.3) is 0 Å². The van der Waals surface area contributed by atoms with E-state index in [2.05, 4.69) is 30.5 Å². The summed E-state index contributed by atoms with van der Waals surface area (Å²) in [5, 5.41) is 0. The first-order chi connectivity index (χ1) is 8.94. The van der Waals surface area contributed by atoms with Gasteiger partial charge >= 0.3 is 0 Å². The Morgan fingerprint density at radius 1 is 1.37 bits per heavy atom. The lowest BCUT2D eigenvalue weighted by Crippen LogP contribution is -2.56. The summed E-state index contributed by atoms with van der Waals surface area (Å²) < 4.78 is 2.30. The number of amides is 1. The number of rotatable bonds is 3. The van der Waals surface area contributed by atoms with Crippen molar-refractivity contribution in [2.45, 2.75) is 58.7 Å². The minimum Gasteiger partial charge on any atom is -0.345 e. The van der Waals surface area contributed by atoms with Crippen molar-refractivity contribution in [1.82, 2.24) is 9.47 Å². The zero-order valence-electron chi connectivity index (χ0n) is 12.4. The van der Waals surface area contributed by atoms with Crippen LogP contribution in [0, 0.1) is 6.92 Å². The van der Waals surface area contributed by atoms with Gasteiger partial charge in [-0.05, 0) is 38.8 Å². The van der Waals surface area contributed by atoms with Crippen molar-refractivity contribution in [3.05, 3.63) is 23.5 Å². The van der Waals surface area contributed by atoms with E-state index >= 15 is 0 Å². The molecule has 0 aromatic carbocycles. The molecule has 0 spiro atoms. The Kier molecular flexibility index (Phi) is 3.72. The fraction of sp³-hybridized carbons (Fsp3) is 0.667. The van der Waals surface area contributed by atoms with Gasteiger partial charge in [0, 0.05) is 24.5 Å². The second kappa shape index (κ2) is 5.00. The third kappa shape index (κ3) is 2.18. The Hall–Kier alpha value is -1.29. The molecule has 2 rings (SSSR count). The van der Waals surface area contributed by atoms with Crippen LogP contribution in [0.5, 0.6) is 0 Å². The summed E-state index contributed by atoms with van der Waals surface area (Å²) in [6.45, 7) is 9.80. The van der Waals surface area contributed by atoms with Crippen LogP contribution in [-0.4, -0.2) is 27.5 Å². The number of fused-ring (bicyclic) bond motifs is 1. The maximum atomic E-state index is 12.7. The molecule has 0 saturated heterocycles. The minimum atomic E-state index is -0.710. The van der Waals surface area contributed by atoms with Crippen molar-refractivity contribution >= 4 is 5.91 Å². The van der Waals surface area contributed by atoms with Gasteiger partial charge in [0.15, 0.2) is 0 Å². The van der Waals surface area contributed by atoms with Gasteiger partial charge < -0.3 is 15.2 Å². The van der Waals surface area contributed by atoms with Crippen LogP contribution in [0.1, 0.15) is 51.0 Å². The Morgan fingerprint density at radius 2 is 2.00 bits per heavy atom. The first kappa shape index (κ1) is 14.1. The van der Waals surface area contributed by atoms with E-state index in [9.17, 15) is 4.79 Å². The molecule has 2 heterocycles. The van der Waals surface area contributed by atoms with Gasteiger partial charge in [-0.1, -0.05) is 13.8 Å². The van der Waals surface area contributed by atoms with Crippen molar-refractivity contribution in [2.75, 3.05) is 6.54 Å². The third-order valence-electron chi connectivity index (χ3n) is 4.64. The largest absolute Gasteiger partial charge is 0.345 e. The standard InChI is InChI=1S/C15H25N3O/c1-5-15(16,6-2)14(19)18-10-9-17-11(3)7-8-13(17)12(18)4/h7-8,12H,5-6,9-10,16H2,1-4H3. The van der Waals surface area contributed by atoms with Gasteiger partial charge in [-0.25, -0.2) is 0 Å². The molecule has 0 bridgehead atoms. The second-order valence-corrected chi connectivity index (χ2v) is 5.59. The minimum absolute atomic E-state index is 0.0927. The number of nitrogens with zero attached hydrogens (tertiary/aromatic N) is 2. The molecule has 1 aromatic heterocycles. The lowest BCUT2D eigenvalue weighted by atomic mass is 9.91. The molecule has 1 aromatic rings. The number of hydrogen-bond acceptors (Lipinski definition) is 2. The average molecular weight is 263 g/mol. The molecule has 4 heteroatoms. The number of hydrogen-bond donors (Lipinski definition) is 1. The molecule has 0 aliphatic carbocycles. The van der Waals surface area contributed by atoms with Crippen LogP contribution < -0.4 is 5.73 Å². The fourth-order valence-electron chi connectivity index (χ4n) is 2.94. The summed E-state index contributed by atoms with van der Waals surface area (Å²) in [6.07, 6.45) is 1.37. The molecule has 1 unspecified atom stereocenters. The summed E-state index contributed by atoms with van der Waals surface area (Å²) in [4.78, 5) is 14.6. The molecule has 19 heavy (non-hydrogen) atoms. The average Bonchev–Trinajstić information content (AvgIpc) is 2.80. The highest BCUT2D eigenvalue weighted by Crippen LogP contribution is 2.30. The van der Waals surface area contributed by atoms with Crippen molar-refractivity contribution in [3.8, 4) is 0 Å². The summed E-state index contributed by atoms with van der Waals surface area (Å²) in [6, 6.07) is 4.35. The summed E-state index contributed by atoms with van der Waals surface area (Å²) >= 11 is 0. The topological polar surface area (TPSA) is 51.3 Å². The van der Waals surface area contributed by atoms with Gasteiger partial charge in [0.2, 0.25) is 5.91 Å². The van der Waals surface area contributed by atoms with E-state index < -0.39 is 5.54 Å². The van der Waals surface area contributed by atoms with E-state index in [0.29, 0.717) is 12.8 Å². The lowest BCUT2D eigenvalue weighted by Gasteiger charge is -2.40. The molecule has 0 radical (unpaired) electrons. The molecule has 4 nitrogen and oxygen atoms in total. The van der Waals surface area contributed by atoms with Gasteiger partial charge in [0.05, 0.1) is 11.6 Å². The van der Waals surface area contributed by atoms with E-state index in [-0.39, 0.29) is 11.9 Å². The Balaban J connectivity index is 2.27. The molecule has 0 fully saturated rings. The van der Waals surface area contributed by atoms with Crippen molar-refractivity contribution in [1.29, 1.82) is 0 Å². The molecule has 2 N–H and O–H groups in total. The molecule has 1 atom stereocenters. The lowest BCUT2D eigenvalue weighted by molar-refractivity contribution is -0.140. The summed E-state index contributed by atoms with van der Waals surface area (Å²) in [5.41, 5.74) is 8.03. The first-order valence-corrected chi connectivity index (χ1v) is 7.20. The van der Waals surface area contributed by atoms with Crippen LogP contribution >= 0.6 is 0 Å². The van der Waals surface area contributed by atoms with E-state index in [1.54, 1.807) is 0 Å². The maximum Gasteiger partial charge on any atom is 0.243 e. The third-order valence-corrected chi connectivity index (χ3v) is 4.64. The van der Waals surface area contributed by atoms with Crippen molar-refractivity contribution in [3.63, 3.8) is 0 Å². The van der Waals surface area contributed by atoms with Gasteiger partial charge in [-0.3, -0.25) is 4.79 Å². The molecular weight excluding hydrogens is 238 g/mol. The van der Waals surface area contributed by atoms with Crippen LogP contribution in [0.2, 0.25) is 0 Å². The smallest absolute Gasteiger partial charge is 0.243 e. The predicted octanol–water partition coefficient (Wildman–Crippen LogP) is 2.22. The predicted molar refractivity (Wildman–Crippen MR) is 76.8 cm³/mol. The number of aromatic nitrogens is 1. The fourth-order valence-corrected chi connectivity index (χ4v) is 2.94. The molecule has 0 saturated carbocycles. The monoisotopic (exact) mass is 263 g/mol. The van der Waals surface area contributed by atoms with Gasteiger partial charge in [-0.15, -0.1) is 0 Å². The van der Waals surface area contributed by atoms with Crippen LogP contribution in [0.3, 0.4) is 0 Å². The van der Waals surface area contributed by atoms with E-state index in [4.69, 9.17) is 5.73 Å². The van der Waals surface area contributed by atoms with Crippen LogP contribution in [0.4, 0.5) is 0 Å². The van der Waals surface area contributed by atoms with Gasteiger partial charge in [-0.2, -0.15) is 0 Å². The highest BCUT2D eigenvalue weighted by molar-refractivity contribution is 5.86. The molecular formula is C15H25N3O. The maximum absolute atomic E-state index is 12.7. The SMILES string of the molecule is CCC(N)(CC)C(=O)N1CCn2c(C)ccc2C1C. The zero-order valence-corrected chi connectivity index (χ0v) is 12.4. The molecule has 1 aliphatic rings. The summed E-state index contributed by atoms with van der Waals surface area (Å²) in [7, 11) is 0. The van der Waals surface area contributed by atoms with Crippen LogP contribution in [0.15, 0.2) is 12.1 Å². The number of nitrogens with two attached hydrogens (primary N) is 1. The highest BCUT2D eigenvalue weighted by Gasteiger charge is 2.38. The first-order valence-electron chi connectivity index (χ1n) is 7.20.